The van der Waals surface area contributed by atoms with Gasteiger partial charge in [0, 0.05) is 17.8 Å². The zero-order valence-corrected chi connectivity index (χ0v) is 19.1. The molecule has 18 heteroatoms. The third-order valence-corrected chi connectivity index (χ3v) is 4.69. The fourth-order valence-corrected chi connectivity index (χ4v) is 2.88. The molecule has 210 valence electrons. The van der Waals surface area contributed by atoms with Crippen molar-refractivity contribution in [3.05, 3.63) is 59.4 Å². The highest BCUT2D eigenvalue weighted by molar-refractivity contribution is 5.95. The average molecular weight is 566 g/mol. The van der Waals surface area contributed by atoms with Gasteiger partial charge < -0.3 is 20.8 Å². The van der Waals surface area contributed by atoms with Crippen molar-refractivity contribution in [2.24, 2.45) is 0 Å². The molecule has 39 heavy (non-hydrogen) atoms. The highest BCUT2D eigenvalue weighted by atomic mass is 19.4. The summed E-state index contributed by atoms with van der Waals surface area (Å²) in [6.45, 7) is 0.546. The molecule has 1 amide bonds. The molecule has 1 aliphatic heterocycles. The lowest BCUT2D eigenvalue weighted by molar-refractivity contribution is -0.193. The Morgan fingerprint density at radius 1 is 0.897 bits per heavy atom. The highest BCUT2D eigenvalue weighted by Gasteiger charge is 2.38. The van der Waals surface area contributed by atoms with Crippen LogP contribution in [0.2, 0.25) is 0 Å². The van der Waals surface area contributed by atoms with Gasteiger partial charge in [-0.3, -0.25) is 4.79 Å². The molecule has 11 nitrogen and oxygen atoms in total. The topological polar surface area (TPSA) is 170 Å². The van der Waals surface area contributed by atoms with Crippen molar-refractivity contribution in [2.45, 2.75) is 31.4 Å². The molecule has 0 unspecified atom stereocenters. The molecule has 0 fully saturated rings. The molecule has 0 bridgehead atoms. The molecule has 5 N–H and O–H groups in total. The van der Waals surface area contributed by atoms with Gasteiger partial charge in [0.1, 0.15) is 5.82 Å². The second-order valence-electron chi connectivity index (χ2n) is 7.46. The van der Waals surface area contributed by atoms with Crippen molar-refractivity contribution >= 4 is 23.5 Å². The van der Waals surface area contributed by atoms with E-state index < -0.39 is 30.3 Å². The number of aromatic nitrogens is 4. The number of alkyl halides is 6. The number of aliphatic carboxylic acids is 2. The first-order valence-corrected chi connectivity index (χ1v) is 10.3. The number of rotatable bonds is 3. The van der Waals surface area contributed by atoms with Gasteiger partial charge in [-0.15, -0.1) is 10.2 Å². The lowest BCUT2D eigenvalue weighted by Gasteiger charge is -2.25. The van der Waals surface area contributed by atoms with E-state index in [0.717, 1.165) is 16.7 Å². The number of nitrogens with zero attached hydrogens (tertiary/aromatic N) is 3. The number of hydrogen-bond donors (Lipinski definition) is 5. The van der Waals surface area contributed by atoms with E-state index in [1.54, 1.807) is 30.3 Å². The SMILES string of the molecule is O=C(Nc1ccc(-c2nn[nH]n2)cc1)[C@H]1Cc2cc(F)ccc2CN1.O=C(O)C(F)(F)F.O=C(O)C(F)(F)F. The van der Waals surface area contributed by atoms with Crippen molar-refractivity contribution in [3.8, 4) is 11.4 Å². The average Bonchev–Trinajstić information content (AvgIpc) is 3.38. The van der Waals surface area contributed by atoms with E-state index in [9.17, 15) is 35.5 Å². The van der Waals surface area contributed by atoms with Crippen LogP contribution in [0, 0.1) is 5.82 Å². The van der Waals surface area contributed by atoms with Gasteiger partial charge in [0.05, 0.1) is 6.04 Å². The smallest absolute Gasteiger partial charge is 0.475 e. The van der Waals surface area contributed by atoms with Gasteiger partial charge >= 0.3 is 24.3 Å². The fraction of sp³-hybridized carbons (Fsp3) is 0.238. The number of aromatic amines is 1. The minimum absolute atomic E-state index is 0.151. The van der Waals surface area contributed by atoms with Crippen LogP contribution in [0.15, 0.2) is 42.5 Å². The summed E-state index contributed by atoms with van der Waals surface area (Å²) in [5, 5.41) is 34.0. The number of tetrazole rings is 1. The van der Waals surface area contributed by atoms with Gasteiger partial charge in [0.15, 0.2) is 0 Å². The quantitative estimate of drug-likeness (QED) is 0.299. The maximum atomic E-state index is 13.4. The van der Waals surface area contributed by atoms with Crippen LogP contribution >= 0.6 is 0 Å². The number of halogens is 7. The first-order chi connectivity index (χ1) is 18.1. The zero-order chi connectivity index (χ0) is 29.4. The Balaban J connectivity index is 0.000000317. The first kappa shape index (κ1) is 30.6. The van der Waals surface area contributed by atoms with Crippen LogP contribution < -0.4 is 10.6 Å². The summed E-state index contributed by atoms with van der Waals surface area (Å²) in [5.74, 6) is -5.45. The molecular weight excluding hydrogens is 549 g/mol. The van der Waals surface area contributed by atoms with Gasteiger partial charge in [-0.05, 0) is 59.2 Å². The first-order valence-electron chi connectivity index (χ1n) is 10.3. The Labute approximate surface area is 213 Å². The molecular formula is C21H17F7N6O5. The monoisotopic (exact) mass is 566 g/mol. The third-order valence-electron chi connectivity index (χ3n) is 4.69. The van der Waals surface area contributed by atoms with Gasteiger partial charge in [-0.2, -0.15) is 31.6 Å². The number of carboxylic acid groups (broad SMARTS) is 2. The number of hydrogen-bond acceptors (Lipinski definition) is 7. The number of carbonyl (C=O) groups excluding carboxylic acids is 1. The van der Waals surface area contributed by atoms with Crippen LogP contribution in [0.3, 0.4) is 0 Å². The van der Waals surface area contributed by atoms with Crippen LogP contribution in [-0.2, 0) is 27.3 Å². The van der Waals surface area contributed by atoms with E-state index in [1.165, 1.54) is 12.1 Å². The van der Waals surface area contributed by atoms with Crippen LogP contribution in [0.25, 0.3) is 11.4 Å². The number of H-pyrrole nitrogens is 1. The second-order valence-corrected chi connectivity index (χ2v) is 7.46. The summed E-state index contributed by atoms with van der Waals surface area (Å²) in [4.78, 5) is 30.3. The second kappa shape index (κ2) is 12.8. The Bertz CT molecular complexity index is 1260. The molecule has 0 spiro atoms. The van der Waals surface area contributed by atoms with Crippen LogP contribution in [0.1, 0.15) is 11.1 Å². The largest absolute Gasteiger partial charge is 0.490 e. The predicted molar refractivity (Wildman–Crippen MR) is 116 cm³/mol. The van der Waals surface area contributed by atoms with Crippen molar-refractivity contribution < 1.29 is 55.3 Å². The molecule has 3 aromatic rings. The Hall–Kier alpha value is -4.61. The number of benzene rings is 2. The van der Waals surface area contributed by atoms with E-state index in [1.807, 2.05) is 0 Å². The molecule has 1 atom stereocenters. The summed E-state index contributed by atoms with van der Waals surface area (Å²) in [5.41, 5.74) is 3.36. The molecule has 2 heterocycles. The molecule has 2 aromatic carbocycles. The van der Waals surface area contributed by atoms with Gasteiger partial charge in [0.25, 0.3) is 0 Å². The van der Waals surface area contributed by atoms with Gasteiger partial charge in [-0.25, -0.2) is 14.0 Å². The minimum Gasteiger partial charge on any atom is -0.475 e. The van der Waals surface area contributed by atoms with Gasteiger partial charge in [0.2, 0.25) is 11.7 Å². The predicted octanol–water partition coefficient (Wildman–Crippen LogP) is 2.93. The summed E-state index contributed by atoms with van der Waals surface area (Å²) in [6.07, 6.45) is -9.71. The maximum absolute atomic E-state index is 13.4. The summed E-state index contributed by atoms with van der Waals surface area (Å²) in [6, 6.07) is 11.5. The zero-order valence-electron chi connectivity index (χ0n) is 19.1. The van der Waals surface area contributed by atoms with E-state index in [2.05, 4.69) is 31.3 Å². The highest BCUT2D eigenvalue weighted by Crippen LogP contribution is 2.20. The van der Waals surface area contributed by atoms with Crippen molar-refractivity contribution in [1.82, 2.24) is 25.9 Å². The van der Waals surface area contributed by atoms with Crippen LogP contribution in [0.4, 0.5) is 36.4 Å². The van der Waals surface area contributed by atoms with E-state index >= 15 is 0 Å². The molecule has 0 aliphatic carbocycles. The number of amides is 1. The number of anilines is 1. The molecule has 0 saturated heterocycles. The van der Waals surface area contributed by atoms with Crippen molar-refractivity contribution in [1.29, 1.82) is 0 Å². The third kappa shape index (κ3) is 9.65. The minimum atomic E-state index is -5.08. The Kier molecular flexibility index (Phi) is 10.0. The van der Waals surface area contributed by atoms with E-state index in [0.29, 0.717) is 24.5 Å². The van der Waals surface area contributed by atoms with Crippen LogP contribution in [-0.4, -0.2) is 67.1 Å². The summed E-state index contributed by atoms with van der Waals surface area (Å²) >= 11 is 0. The standard InChI is InChI=1S/C17H15FN6O.2C2HF3O2/c18-13-4-1-11-9-19-15(8-12(11)7-13)17(25)20-14-5-2-10(3-6-14)16-21-23-24-22-16;2*3-2(4,5)1(6)7/h1-7,15,19H,8-9H2,(H,20,25)(H,21,22,23,24);2*(H,6,7)/t15-;;/m1../s1. The summed E-state index contributed by atoms with van der Waals surface area (Å²) in [7, 11) is 0. The van der Waals surface area contributed by atoms with Crippen LogP contribution in [0.5, 0.6) is 0 Å². The Morgan fingerprint density at radius 2 is 1.46 bits per heavy atom. The van der Waals surface area contributed by atoms with Gasteiger partial charge in [-0.1, -0.05) is 6.07 Å². The molecule has 1 aromatic heterocycles. The number of nitrogens with one attached hydrogen (secondary N) is 3. The maximum Gasteiger partial charge on any atom is 0.490 e. The van der Waals surface area contributed by atoms with Crippen molar-refractivity contribution in [3.63, 3.8) is 0 Å². The molecule has 1 aliphatic rings. The summed E-state index contributed by atoms with van der Waals surface area (Å²) < 4.78 is 76.9. The lowest BCUT2D eigenvalue weighted by Crippen LogP contribution is -2.44. The number of fused-ring (bicyclic) bond motifs is 1. The normalized spacial score (nSPS) is 14.5. The number of carbonyl (C=O) groups is 3. The number of carboxylic acids is 2. The van der Waals surface area contributed by atoms with E-state index in [4.69, 9.17) is 19.8 Å². The van der Waals surface area contributed by atoms with Crippen molar-refractivity contribution in [2.75, 3.05) is 5.32 Å². The van der Waals surface area contributed by atoms with E-state index in [-0.39, 0.29) is 11.7 Å². The fourth-order valence-electron chi connectivity index (χ4n) is 2.88. The Morgan fingerprint density at radius 3 is 1.95 bits per heavy atom. The molecule has 0 saturated carbocycles. The molecule has 4 rings (SSSR count). The molecule has 0 radical (unpaired) electrons. The lowest BCUT2D eigenvalue weighted by atomic mass is 9.95.